The monoisotopic (exact) mass is 359 g/mol. The van der Waals surface area contributed by atoms with Crippen molar-refractivity contribution >= 4 is 17.5 Å². The first kappa shape index (κ1) is 17.1. The average Bonchev–Trinajstić information content (AvgIpc) is 3.28. The Balaban J connectivity index is 1.47. The lowest BCUT2D eigenvalue weighted by Crippen LogP contribution is -2.44. The third kappa shape index (κ3) is 3.11. The summed E-state index contributed by atoms with van der Waals surface area (Å²) in [6, 6.07) is 5.76. The van der Waals surface area contributed by atoms with E-state index in [2.05, 4.69) is 5.32 Å². The second-order valence-electron chi connectivity index (χ2n) is 7.12. The van der Waals surface area contributed by atoms with Crippen molar-refractivity contribution in [3.63, 3.8) is 0 Å². The quantitative estimate of drug-likeness (QED) is 0.869. The molecule has 2 unspecified atom stereocenters. The van der Waals surface area contributed by atoms with E-state index >= 15 is 0 Å². The smallest absolute Gasteiger partial charge is 0.228 e. The van der Waals surface area contributed by atoms with Crippen LogP contribution < -0.4 is 19.7 Å². The number of nitrogens with zero attached hydrogens (tertiary/aromatic N) is 2. The zero-order valence-electron chi connectivity index (χ0n) is 15.1. The van der Waals surface area contributed by atoms with Gasteiger partial charge in [-0.3, -0.25) is 9.59 Å². The number of benzene rings is 1. The van der Waals surface area contributed by atoms with Gasteiger partial charge in [-0.2, -0.15) is 0 Å². The number of hydrogen-bond acceptors (Lipinski definition) is 5. The number of hydrogen-bond donors (Lipinski definition) is 1. The van der Waals surface area contributed by atoms with E-state index in [0.29, 0.717) is 31.3 Å². The molecule has 7 nitrogen and oxygen atoms in total. The van der Waals surface area contributed by atoms with Gasteiger partial charge >= 0.3 is 0 Å². The minimum absolute atomic E-state index is 0.00982. The minimum Gasteiger partial charge on any atom is -0.486 e. The summed E-state index contributed by atoms with van der Waals surface area (Å²) in [5.41, 5.74) is 0.766. The van der Waals surface area contributed by atoms with Gasteiger partial charge in [0, 0.05) is 43.9 Å². The fourth-order valence-electron chi connectivity index (χ4n) is 4.13. The number of carbonyl (C=O) groups excluding carboxylic acids is 2. The van der Waals surface area contributed by atoms with Gasteiger partial charge in [0.15, 0.2) is 11.5 Å². The van der Waals surface area contributed by atoms with Crippen LogP contribution in [0.5, 0.6) is 11.5 Å². The molecule has 0 spiro atoms. The minimum atomic E-state index is -0.270. The number of likely N-dealkylation sites (N-methyl/N-ethyl adjacent to an activating group) is 1. The lowest BCUT2D eigenvalue weighted by atomic mass is 10.1. The van der Waals surface area contributed by atoms with Crippen LogP contribution in [0.25, 0.3) is 0 Å². The lowest BCUT2D eigenvalue weighted by Gasteiger charge is -2.27. The number of amides is 2. The average molecular weight is 359 g/mol. The van der Waals surface area contributed by atoms with E-state index in [1.165, 1.54) is 0 Å². The molecule has 7 heteroatoms. The summed E-state index contributed by atoms with van der Waals surface area (Å²) in [6.45, 7) is 3.07. The molecular formula is C19H25N3O4. The van der Waals surface area contributed by atoms with Crippen LogP contribution in [-0.2, 0) is 9.59 Å². The van der Waals surface area contributed by atoms with E-state index in [1.807, 2.05) is 30.1 Å². The Labute approximate surface area is 153 Å². The summed E-state index contributed by atoms with van der Waals surface area (Å²) in [5, 5.41) is 3.16. The summed E-state index contributed by atoms with van der Waals surface area (Å²) in [4.78, 5) is 29.2. The number of nitrogens with one attached hydrogen (secondary N) is 1. The van der Waals surface area contributed by atoms with Crippen LogP contribution >= 0.6 is 0 Å². The number of rotatable bonds is 4. The van der Waals surface area contributed by atoms with Crippen molar-refractivity contribution in [2.45, 2.75) is 25.3 Å². The second-order valence-corrected chi connectivity index (χ2v) is 7.12. The zero-order chi connectivity index (χ0) is 18.1. The van der Waals surface area contributed by atoms with Gasteiger partial charge in [-0.25, -0.2) is 0 Å². The standard InChI is InChI=1S/C19H25N3O4/c1-20-11-15-3-2-6-21(15)19(24)13-9-18(23)22(12-13)14-4-5-16-17(10-14)26-8-7-25-16/h4-5,10,13,15,20H,2-3,6-9,11-12H2,1H3. The van der Waals surface area contributed by atoms with Gasteiger partial charge in [-0.1, -0.05) is 0 Å². The third-order valence-corrected chi connectivity index (χ3v) is 5.41. The normalized spacial score (nSPS) is 25.0. The van der Waals surface area contributed by atoms with E-state index in [4.69, 9.17) is 9.47 Å². The van der Waals surface area contributed by atoms with Crippen LogP contribution in [0.1, 0.15) is 19.3 Å². The Hall–Kier alpha value is -2.28. The van der Waals surface area contributed by atoms with Crippen LogP contribution in [0.2, 0.25) is 0 Å². The van der Waals surface area contributed by atoms with E-state index < -0.39 is 0 Å². The molecule has 3 aliphatic heterocycles. The van der Waals surface area contributed by atoms with Crippen LogP contribution in [0.4, 0.5) is 5.69 Å². The Kier molecular flexibility index (Phi) is 4.72. The molecule has 2 saturated heterocycles. The summed E-state index contributed by atoms with van der Waals surface area (Å²) >= 11 is 0. The van der Waals surface area contributed by atoms with Gasteiger partial charge in [0.2, 0.25) is 11.8 Å². The SMILES string of the molecule is CNCC1CCCN1C(=O)C1CC(=O)N(c2ccc3c(c2)OCCO3)C1. The highest BCUT2D eigenvalue weighted by Crippen LogP contribution is 2.36. The summed E-state index contributed by atoms with van der Waals surface area (Å²) in [5.74, 6) is 1.19. The van der Waals surface area contributed by atoms with Crippen molar-refractivity contribution in [3.8, 4) is 11.5 Å². The van der Waals surface area contributed by atoms with Gasteiger partial charge in [-0.05, 0) is 32.0 Å². The van der Waals surface area contributed by atoms with Crippen molar-refractivity contribution in [2.24, 2.45) is 5.92 Å². The third-order valence-electron chi connectivity index (χ3n) is 5.41. The molecule has 0 radical (unpaired) electrons. The van der Waals surface area contributed by atoms with Crippen LogP contribution in [0.15, 0.2) is 18.2 Å². The number of fused-ring (bicyclic) bond motifs is 1. The van der Waals surface area contributed by atoms with E-state index in [9.17, 15) is 9.59 Å². The topological polar surface area (TPSA) is 71.1 Å². The summed E-state index contributed by atoms with van der Waals surface area (Å²) < 4.78 is 11.1. The molecule has 26 heavy (non-hydrogen) atoms. The first-order chi connectivity index (χ1) is 12.7. The summed E-state index contributed by atoms with van der Waals surface area (Å²) in [7, 11) is 1.91. The molecule has 1 N–H and O–H groups in total. The number of likely N-dealkylation sites (tertiary alicyclic amines) is 1. The van der Waals surface area contributed by atoms with Crippen molar-refractivity contribution in [1.29, 1.82) is 0 Å². The molecule has 2 amide bonds. The molecule has 0 saturated carbocycles. The highest BCUT2D eigenvalue weighted by molar-refractivity contribution is 6.00. The van der Waals surface area contributed by atoms with Gasteiger partial charge in [0.25, 0.3) is 0 Å². The maximum Gasteiger partial charge on any atom is 0.228 e. The number of ether oxygens (including phenoxy) is 2. The Bertz CT molecular complexity index is 708. The molecule has 0 aromatic heterocycles. The highest BCUT2D eigenvalue weighted by Gasteiger charge is 2.40. The Morgan fingerprint density at radius 2 is 2.08 bits per heavy atom. The fourth-order valence-corrected chi connectivity index (χ4v) is 4.13. The molecule has 2 atom stereocenters. The van der Waals surface area contributed by atoms with E-state index in [0.717, 1.165) is 31.6 Å². The molecule has 140 valence electrons. The highest BCUT2D eigenvalue weighted by atomic mass is 16.6. The van der Waals surface area contributed by atoms with Crippen LogP contribution in [0.3, 0.4) is 0 Å². The predicted molar refractivity (Wildman–Crippen MR) is 96.6 cm³/mol. The predicted octanol–water partition coefficient (Wildman–Crippen LogP) is 1.02. The molecule has 4 rings (SSSR count). The zero-order valence-corrected chi connectivity index (χ0v) is 15.1. The molecule has 1 aromatic rings. The van der Waals surface area contributed by atoms with Crippen molar-refractivity contribution in [3.05, 3.63) is 18.2 Å². The Morgan fingerprint density at radius 3 is 2.88 bits per heavy atom. The molecule has 0 bridgehead atoms. The van der Waals surface area contributed by atoms with Crippen molar-refractivity contribution in [2.75, 3.05) is 44.8 Å². The molecule has 2 fully saturated rings. The molecule has 1 aromatic carbocycles. The second kappa shape index (κ2) is 7.15. The molecular weight excluding hydrogens is 334 g/mol. The lowest BCUT2D eigenvalue weighted by molar-refractivity contribution is -0.136. The largest absolute Gasteiger partial charge is 0.486 e. The van der Waals surface area contributed by atoms with Gasteiger partial charge in [-0.15, -0.1) is 0 Å². The van der Waals surface area contributed by atoms with E-state index in [1.54, 1.807) is 4.90 Å². The number of anilines is 1. The number of carbonyl (C=O) groups is 2. The molecule has 3 heterocycles. The van der Waals surface area contributed by atoms with Crippen molar-refractivity contribution in [1.82, 2.24) is 10.2 Å². The fraction of sp³-hybridized carbons (Fsp3) is 0.579. The van der Waals surface area contributed by atoms with Crippen molar-refractivity contribution < 1.29 is 19.1 Å². The molecule has 0 aliphatic carbocycles. The molecule has 3 aliphatic rings. The Morgan fingerprint density at radius 1 is 1.27 bits per heavy atom. The maximum atomic E-state index is 13.0. The van der Waals surface area contributed by atoms with Gasteiger partial charge in [0.1, 0.15) is 13.2 Å². The first-order valence-corrected chi connectivity index (χ1v) is 9.32. The first-order valence-electron chi connectivity index (χ1n) is 9.32. The van der Waals surface area contributed by atoms with Crippen LogP contribution in [0, 0.1) is 5.92 Å². The van der Waals surface area contributed by atoms with Gasteiger partial charge < -0.3 is 24.6 Å². The maximum absolute atomic E-state index is 13.0. The van der Waals surface area contributed by atoms with Gasteiger partial charge in [0.05, 0.1) is 5.92 Å². The van der Waals surface area contributed by atoms with E-state index in [-0.39, 0.29) is 30.2 Å². The van der Waals surface area contributed by atoms with Crippen LogP contribution in [-0.4, -0.2) is 62.7 Å². The summed E-state index contributed by atoms with van der Waals surface area (Å²) in [6.07, 6.45) is 2.33.